The van der Waals surface area contributed by atoms with Gasteiger partial charge in [0, 0.05) is 17.5 Å². The topological polar surface area (TPSA) is 76.5 Å². The van der Waals surface area contributed by atoms with E-state index >= 15 is 0 Å². The van der Waals surface area contributed by atoms with Gasteiger partial charge in [-0.1, -0.05) is 25.4 Å². The number of hydrogen-bond donors (Lipinski definition) is 1. The van der Waals surface area contributed by atoms with Gasteiger partial charge in [-0.25, -0.2) is 19.9 Å². The van der Waals surface area contributed by atoms with Crippen molar-refractivity contribution in [3.05, 3.63) is 27.0 Å². The number of nitrogens with zero attached hydrogens (tertiary/aromatic N) is 4. The number of nitrogens with one attached hydrogen (secondary N) is 1. The minimum absolute atomic E-state index is 0.0148. The number of H-pyrrole nitrogens is 1. The van der Waals surface area contributed by atoms with Crippen LogP contribution in [-0.2, 0) is 0 Å². The second-order valence-electron chi connectivity index (χ2n) is 5.33. The van der Waals surface area contributed by atoms with E-state index in [-0.39, 0.29) is 17.6 Å². The van der Waals surface area contributed by atoms with Crippen molar-refractivity contribution in [2.75, 3.05) is 0 Å². The Hall–Kier alpha value is -1.34. The van der Waals surface area contributed by atoms with Gasteiger partial charge in [0.05, 0.1) is 0 Å². The lowest BCUT2D eigenvalue weighted by Gasteiger charge is -2.12. The summed E-state index contributed by atoms with van der Waals surface area (Å²) in [5.41, 5.74) is 0.561. The van der Waals surface area contributed by atoms with E-state index in [1.54, 1.807) is 4.57 Å². The summed E-state index contributed by atoms with van der Waals surface area (Å²) in [5, 5.41) is 8.26. The van der Waals surface area contributed by atoms with Crippen LogP contribution < -0.4 is 5.69 Å². The molecule has 2 aromatic heterocycles. The van der Waals surface area contributed by atoms with E-state index in [4.69, 9.17) is 11.6 Å². The highest BCUT2D eigenvalue weighted by Gasteiger charge is 2.18. The quantitative estimate of drug-likeness (QED) is 0.873. The lowest BCUT2D eigenvalue weighted by Crippen LogP contribution is -2.19. The maximum atomic E-state index is 11.8. The van der Waals surface area contributed by atoms with Crippen molar-refractivity contribution < 1.29 is 0 Å². The Kier molecular flexibility index (Phi) is 4.73. The van der Waals surface area contributed by atoms with E-state index in [2.05, 4.69) is 20.2 Å². The fourth-order valence-electron chi connectivity index (χ4n) is 1.75. The Morgan fingerprint density at radius 3 is 2.48 bits per heavy atom. The van der Waals surface area contributed by atoms with Gasteiger partial charge >= 0.3 is 5.69 Å². The molecule has 0 atom stereocenters. The molecule has 6 nitrogen and oxygen atoms in total. The van der Waals surface area contributed by atoms with Crippen molar-refractivity contribution >= 4 is 23.4 Å². The molecule has 0 aliphatic heterocycles. The molecule has 0 bridgehead atoms. The third kappa shape index (κ3) is 3.29. The molecular weight excluding hydrogens is 310 g/mol. The predicted molar refractivity (Wildman–Crippen MR) is 83.2 cm³/mol. The monoisotopic (exact) mass is 327 g/mol. The minimum Gasteiger partial charge on any atom is -0.267 e. The summed E-state index contributed by atoms with van der Waals surface area (Å²) in [5.74, 6) is 0.857. The Bertz CT molecular complexity index is 707. The smallest absolute Gasteiger partial charge is 0.267 e. The van der Waals surface area contributed by atoms with Crippen molar-refractivity contribution in [3.8, 4) is 0 Å². The molecule has 8 heteroatoms. The van der Waals surface area contributed by atoms with Gasteiger partial charge in [0.15, 0.2) is 5.16 Å². The highest BCUT2D eigenvalue weighted by Crippen LogP contribution is 2.31. The molecule has 0 aromatic carbocycles. The number of rotatable bonds is 4. The van der Waals surface area contributed by atoms with Crippen LogP contribution in [-0.4, -0.2) is 24.7 Å². The zero-order valence-electron chi connectivity index (χ0n) is 12.6. The fourth-order valence-corrected chi connectivity index (χ4v) is 3.02. The van der Waals surface area contributed by atoms with Gasteiger partial charge in [0.25, 0.3) is 0 Å². The molecule has 0 radical (unpaired) electrons. The van der Waals surface area contributed by atoms with Gasteiger partial charge in [-0.05, 0) is 32.5 Å². The maximum absolute atomic E-state index is 11.8. The van der Waals surface area contributed by atoms with Crippen LogP contribution in [0.15, 0.2) is 15.0 Å². The van der Waals surface area contributed by atoms with Crippen molar-refractivity contribution in [2.24, 2.45) is 0 Å². The minimum atomic E-state index is -0.227. The molecular formula is C13H18ClN5OS. The molecule has 0 unspecified atom stereocenters. The van der Waals surface area contributed by atoms with Crippen molar-refractivity contribution in [1.82, 2.24) is 24.7 Å². The van der Waals surface area contributed by atoms with Gasteiger partial charge < -0.3 is 0 Å². The summed E-state index contributed by atoms with van der Waals surface area (Å²) in [6.45, 7) is 9.74. The first kappa shape index (κ1) is 16.0. The first-order valence-electron chi connectivity index (χ1n) is 6.70. The zero-order valence-corrected chi connectivity index (χ0v) is 14.2. The molecule has 2 heterocycles. The van der Waals surface area contributed by atoms with Crippen LogP contribution in [0.25, 0.3) is 0 Å². The first-order valence-corrected chi connectivity index (χ1v) is 7.89. The number of aromatic amines is 1. The summed E-state index contributed by atoms with van der Waals surface area (Å²) in [4.78, 5) is 20.6. The van der Waals surface area contributed by atoms with E-state index in [9.17, 15) is 4.79 Å². The van der Waals surface area contributed by atoms with Gasteiger partial charge in [-0.3, -0.25) is 4.57 Å². The summed E-state index contributed by atoms with van der Waals surface area (Å²) >= 11 is 7.50. The number of aromatic nitrogens is 5. The van der Waals surface area contributed by atoms with Crippen LogP contribution in [0.4, 0.5) is 0 Å². The van der Waals surface area contributed by atoms with E-state index < -0.39 is 0 Å². The Morgan fingerprint density at radius 1 is 1.24 bits per heavy atom. The Balaban J connectivity index is 2.47. The molecule has 0 aliphatic rings. The second-order valence-corrected chi connectivity index (χ2v) is 6.65. The molecule has 0 amide bonds. The molecule has 0 fully saturated rings. The maximum Gasteiger partial charge on any atom is 0.344 e. The van der Waals surface area contributed by atoms with Crippen LogP contribution in [0, 0.1) is 6.92 Å². The predicted octanol–water partition coefficient (Wildman–Crippen LogP) is 3.18. The third-order valence-corrected chi connectivity index (χ3v) is 4.38. The van der Waals surface area contributed by atoms with Gasteiger partial charge in [-0.15, -0.1) is 5.10 Å². The first-order chi connectivity index (χ1) is 9.81. The van der Waals surface area contributed by atoms with E-state index in [1.807, 2.05) is 34.6 Å². The van der Waals surface area contributed by atoms with Crippen LogP contribution in [0.3, 0.4) is 0 Å². The molecule has 0 saturated heterocycles. The Morgan fingerprint density at radius 2 is 1.90 bits per heavy atom. The van der Waals surface area contributed by atoms with Crippen LogP contribution in [0.2, 0.25) is 5.15 Å². The van der Waals surface area contributed by atoms with E-state index in [0.29, 0.717) is 16.1 Å². The highest BCUT2D eigenvalue weighted by atomic mass is 35.5. The molecule has 0 aliphatic carbocycles. The summed E-state index contributed by atoms with van der Waals surface area (Å²) in [6.07, 6.45) is 0. The third-order valence-electron chi connectivity index (χ3n) is 2.95. The fraction of sp³-hybridized carbons (Fsp3) is 0.538. The molecule has 2 rings (SSSR count). The van der Waals surface area contributed by atoms with Gasteiger partial charge in [0.1, 0.15) is 16.0 Å². The average Bonchev–Trinajstić information content (AvgIpc) is 2.75. The molecule has 0 saturated carbocycles. The highest BCUT2D eigenvalue weighted by molar-refractivity contribution is 7.99. The molecule has 0 spiro atoms. The largest absolute Gasteiger partial charge is 0.344 e. The van der Waals surface area contributed by atoms with Crippen molar-refractivity contribution in [3.63, 3.8) is 0 Å². The second kappa shape index (κ2) is 6.19. The van der Waals surface area contributed by atoms with Crippen molar-refractivity contribution in [2.45, 2.75) is 56.8 Å². The summed E-state index contributed by atoms with van der Waals surface area (Å²) < 4.78 is 1.59. The lowest BCUT2D eigenvalue weighted by atomic mass is 10.2. The lowest BCUT2D eigenvalue weighted by molar-refractivity contribution is 0.533. The summed E-state index contributed by atoms with van der Waals surface area (Å²) in [7, 11) is 0. The van der Waals surface area contributed by atoms with Crippen molar-refractivity contribution in [1.29, 1.82) is 0 Å². The van der Waals surface area contributed by atoms with Crippen LogP contribution in [0.1, 0.15) is 51.0 Å². The molecule has 21 heavy (non-hydrogen) atoms. The normalized spacial score (nSPS) is 11.6. The van der Waals surface area contributed by atoms with Gasteiger partial charge in [0.2, 0.25) is 0 Å². The average molecular weight is 328 g/mol. The van der Waals surface area contributed by atoms with Crippen LogP contribution >= 0.6 is 23.4 Å². The summed E-state index contributed by atoms with van der Waals surface area (Å²) in [6, 6.07) is 0.0148. The standard InChI is InChI=1S/C13H18ClN5OS/c1-6(2)10-15-9(14)8(5)11(16-10)21-13-18-17-12(20)19(13)7(3)4/h6-7H,1-5H3,(H,17,20). The number of halogens is 1. The molecule has 2 aromatic rings. The van der Waals surface area contributed by atoms with Crippen LogP contribution in [0.5, 0.6) is 0 Å². The van der Waals surface area contributed by atoms with E-state index in [1.165, 1.54) is 11.8 Å². The molecule has 1 N–H and O–H groups in total. The van der Waals surface area contributed by atoms with E-state index in [0.717, 1.165) is 10.6 Å². The SMILES string of the molecule is Cc1c(Cl)nc(C(C)C)nc1Sc1n[nH]c(=O)n1C(C)C. The van der Waals surface area contributed by atoms with Gasteiger partial charge in [-0.2, -0.15) is 0 Å². The number of hydrogen-bond acceptors (Lipinski definition) is 5. The molecule has 114 valence electrons. The Labute approximate surface area is 132 Å². The zero-order chi connectivity index (χ0) is 15.7.